The van der Waals surface area contributed by atoms with Gasteiger partial charge in [0.25, 0.3) is 0 Å². The Labute approximate surface area is 119 Å². The van der Waals surface area contributed by atoms with Gasteiger partial charge < -0.3 is 9.73 Å². The average Bonchev–Trinajstić information content (AvgIpc) is 2.67. The summed E-state index contributed by atoms with van der Waals surface area (Å²) in [6, 6.07) is 8.37. The highest BCUT2D eigenvalue weighted by molar-refractivity contribution is 6.30. The van der Waals surface area contributed by atoms with Gasteiger partial charge in [-0.05, 0) is 57.0 Å². The van der Waals surface area contributed by atoms with Crippen LogP contribution in [0.2, 0.25) is 5.02 Å². The predicted molar refractivity (Wildman–Crippen MR) is 79.6 cm³/mol. The van der Waals surface area contributed by atoms with Crippen LogP contribution in [0.3, 0.4) is 0 Å². The molecule has 0 bridgehead atoms. The standard InChI is InChI=1S/C16H20ClNO/c1-10-7-15(17)6-5-14(10)9-18-12(3)16-8-11(2)19-13(16)4/h5-8,12,18H,9H2,1-4H3. The topological polar surface area (TPSA) is 25.2 Å². The molecule has 0 spiro atoms. The summed E-state index contributed by atoms with van der Waals surface area (Å²) in [6.45, 7) is 9.05. The van der Waals surface area contributed by atoms with Crippen LogP contribution in [-0.2, 0) is 6.54 Å². The first-order valence-corrected chi connectivity index (χ1v) is 6.90. The molecule has 2 rings (SSSR count). The van der Waals surface area contributed by atoms with Gasteiger partial charge in [0.15, 0.2) is 0 Å². The zero-order valence-electron chi connectivity index (χ0n) is 11.9. The fourth-order valence-electron chi connectivity index (χ4n) is 2.31. The van der Waals surface area contributed by atoms with Gasteiger partial charge >= 0.3 is 0 Å². The SMILES string of the molecule is Cc1cc(C(C)NCc2ccc(Cl)cc2C)c(C)o1. The molecule has 1 atom stereocenters. The maximum Gasteiger partial charge on any atom is 0.105 e. The van der Waals surface area contributed by atoms with E-state index >= 15 is 0 Å². The van der Waals surface area contributed by atoms with E-state index in [4.69, 9.17) is 16.0 Å². The smallest absolute Gasteiger partial charge is 0.105 e. The van der Waals surface area contributed by atoms with Gasteiger partial charge in [-0.1, -0.05) is 17.7 Å². The summed E-state index contributed by atoms with van der Waals surface area (Å²) in [5, 5.41) is 4.31. The Balaban J connectivity index is 2.04. The van der Waals surface area contributed by atoms with Crippen LogP contribution in [0.5, 0.6) is 0 Å². The minimum Gasteiger partial charge on any atom is -0.466 e. The van der Waals surface area contributed by atoms with Crippen molar-refractivity contribution < 1.29 is 4.42 Å². The molecule has 0 saturated carbocycles. The molecule has 0 saturated heterocycles. The van der Waals surface area contributed by atoms with Crippen LogP contribution in [0.4, 0.5) is 0 Å². The highest BCUT2D eigenvalue weighted by Gasteiger charge is 2.12. The monoisotopic (exact) mass is 277 g/mol. The molecule has 2 aromatic rings. The fourth-order valence-corrected chi connectivity index (χ4v) is 2.54. The molecule has 0 amide bonds. The quantitative estimate of drug-likeness (QED) is 0.876. The van der Waals surface area contributed by atoms with Crippen molar-refractivity contribution in [2.45, 2.75) is 40.3 Å². The summed E-state index contributed by atoms with van der Waals surface area (Å²) in [5.41, 5.74) is 3.71. The lowest BCUT2D eigenvalue weighted by Gasteiger charge is -2.14. The van der Waals surface area contributed by atoms with Crippen LogP contribution in [-0.4, -0.2) is 0 Å². The minimum atomic E-state index is 0.271. The molecule has 1 aromatic heterocycles. The number of halogens is 1. The molecule has 1 heterocycles. The van der Waals surface area contributed by atoms with Crippen LogP contribution < -0.4 is 5.32 Å². The summed E-state index contributed by atoms with van der Waals surface area (Å²) in [6.07, 6.45) is 0. The highest BCUT2D eigenvalue weighted by atomic mass is 35.5. The second kappa shape index (κ2) is 5.81. The van der Waals surface area contributed by atoms with Gasteiger partial charge in [-0.3, -0.25) is 0 Å². The van der Waals surface area contributed by atoms with E-state index < -0.39 is 0 Å². The van der Waals surface area contributed by atoms with Crippen molar-refractivity contribution in [3.63, 3.8) is 0 Å². The molecule has 0 aliphatic rings. The summed E-state index contributed by atoms with van der Waals surface area (Å²) in [5.74, 6) is 1.95. The van der Waals surface area contributed by atoms with Gasteiger partial charge in [-0.2, -0.15) is 0 Å². The van der Waals surface area contributed by atoms with Gasteiger partial charge in [0.05, 0.1) is 0 Å². The van der Waals surface area contributed by atoms with E-state index in [9.17, 15) is 0 Å². The minimum absolute atomic E-state index is 0.271. The van der Waals surface area contributed by atoms with Crippen molar-refractivity contribution in [3.8, 4) is 0 Å². The number of rotatable bonds is 4. The Hall–Kier alpha value is -1.25. The molecule has 2 nitrogen and oxygen atoms in total. The van der Waals surface area contributed by atoms with Crippen molar-refractivity contribution in [1.82, 2.24) is 5.32 Å². The Kier molecular flexibility index (Phi) is 4.33. The Morgan fingerprint density at radius 3 is 2.53 bits per heavy atom. The van der Waals surface area contributed by atoms with Crippen LogP contribution in [0.25, 0.3) is 0 Å². The summed E-state index contributed by atoms with van der Waals surface area (Å²) in [7, 11) is 0. The third-order valence-corrected chi connectivity index (χ3v) is 3.68. The van der Waals surface area contributed by atoms with Crippen LogP contribution in [0, 0.1) is 20.8 Å². The zero-order valence-corrected chi connectivity index (χ0v) is 12.6. The molecule has 102 valence electrons. The molecular formula is C16H20ClNO. The number of furan rings is 1. The molecule has 0 fully saturated rings. The second-order valence-electron chi connectivity index (χ2n) is 5.04. The van der Waals surface area contributed by atoms with Crippen molar-refractivity contribution in [3.05, 3.63) is 57.5 Å². The number of nitrogens with one attached hydrogen (secondary N) is 1. The third-order valence-electron chi connectivity index (χ3n) is 3.45. The largest absolute Gasteiger partial charge is 0.466 e. The van der Waals surface area contributed by atoms with Crippen LogP contribution in [0.1, 0.15) is 41.2 Å². The molecule has 1 aromatic carbocycles. The van der Waals surface area contributed by atoms with E-state index in [1.54, 1.807) is 0 Å². The Bertz CT molecular complexity index is 574. The van der Waals surface area contributed by atoms with Gasteiger partial charge in [-0.15, -0.1) is 0 Å². The van der Waals surface area contributed by atoms with Gasteiger partial charge in [0.2, 0.25) is 0 Å². The van der Waals surface area contributed by atoms with E-state index in [2.05, 4.69) is 31.3 Å². The number of hydrogen-bond acceptors (Lipinski definition) is 2. The summed E-state index contributed by atoms with van der Waals surface area (Å²) in [4.78, 5) is 0. The normalized spacial score (nSPS) is 12.7. The van der Waals surface area contributed by atoms with E-state index in [0.29, 0.717) is 0 Å². The van der Waals surface area contributed by atoms with Crippen molar-refractivity contribution in [2.24, 2.45) is 0 Å². The van der Waals surface area contributed by atoms with Gasteiger partial charge in [0.1, 0.15) is 11.5 Å². The molecule has 0 aliphatic carbocycles. The number of benzene rings is 1. The molecule has 0 radical (unpaired) electrons. The lowest BCUT2D eigenvalue weighted by atomic mass is 10.1. The first-order chi connectivity index (χ1) is 8.97. The molecule has 19 heavy (non-hydrogen) atoms. The predicted octanol–water partition coefficient (Wildman–Crippen LogP) is 4.71. The molecule has 1 N–H and O–H groups in total. The van der Waals surface area contributed by atoms with E-state index in [-0.39, 0.29) is 6.04 Å². The molecule has 0 aliphatic heterocycles. The fraction of sp³-hybridized carbons (Fsp3) is 0.375. The first-order valence-electron chi connectivity index (χ1n) is 6.52. The second-order valence-corrected chi connectivity index (χ2v) is 5.48. The van der Waals surface area contributed by atoms with E-state index in [1.165, 1.54) is 16.7 Å². The van der Waals surface area contributed by atoms with E-state index in [0.717, 1.165) is 23.1 Å². The average molecular weight is 278 g/mol. The van der Waals surface area contributed by atoms with E-state index in [1.807, 2.05) is 26.0 Å². The first kappa shape index (κ1) is 14.2. The van der Waals surface area contributed by atoms with Crippen molar-refractivity contribution in [1.29, 1.82) is 0 Å². The molecule has 3 heteroatoms. The van der Waals surface area contributed by atoms with Crippen molar-refractivity contribution in [2.75, 3.05) is 0 Å². The van der Waals surface area contributed by atoms with Crippen molar-refractivity contribution >= 4 is 11.6 Å². The molecule has 1 unspecified atom stereocenters. The Morgan fingerprint density at radius 2 is 1.95 bits per heavy atom. The summed E-state index contributed by atoms with van der Waals surface area (Å²) < 4.78 is 5.57. The number of aryl methyl sites for hydroxylation is 3. The van der Waals surface area contributed by atoms with Gasteiger partial charge in [0, 0.05) is 23.2 Å². The lowest BCUT2D eigenvalue weighted by Crippen LogP contribution is -2.18. The van der Waals surface area contributed by atoms with Crippen LogP contribution in [0.15, 0.2) is 28.7 Å². The van der Waals surface area contributed by atoms with Gasteiger partial charge in [-0.25, -0.2) is 0 Å². The third kappa shape index (κ3) is 3.40. The molecular weight excluding hydrogens is 258 g/mol. The highest BCUT2D eigenvalue weighted by Crippen LogP contribution is 2.22. The van der Waals surface area contributed by atoms with Crippen LogP contribution >= 0.6 is 11.6 Å². The maximum absolute atomic E-state index is 5.97. The number of hydrogen-bond donors (Lipinski definition) is 1. The lowest BCUT2D eigenvalue weighted by molar-refractivity contribution is 0.489. The Morgan fingerprint density at radius 1 is 1.21 bits per heavy atom. The maximum atomic E-state index is 5.97. The zero-order chi connectivity index (χ0) is 14.0. The summed E-state index contributed by atoms with van der Waals surface area (Å²) >= 11 is 5.97.